The van der Waals surface area contributed by atoms with Gasteiger partial charge in [-0.3, -0.25) is 9.97 Å². The van der Waals surface area contributed by atoms with Gasteiger partial charge in [-0.1, -0.05) is 65.2 Å². The number of hydrogen-bond acceptors (Lipinski definition) is 3. The Morgan fingerprint density at radius 3 is 2.18 bits per heavy atom. The van der Waals surface area contributed by atoms with Crippen LogP contribution in [0.5, 0.6) is 5.75 Å². The summed E-state index contributed by atoms with van der Waals surface area (Å²) in [6, 6.07) is 5.03. The molecule has 0 radical (unpaired) electrons. The van der Waals surface area contributed by atoms with Crippen molar-refractivity contribution >= 4 is 0 Å². The Labute approximate surface area is 169 Å². The Morgan fingerprint density at radius 1 is 0.821 bits per heavy atom. The molecule has 1 aromatic heterocycles. The number of aryl methyl sites for hydroxylation is 1. The van der Waals surface area contributed by atoms with Crippen molar-refractivity contribution in [3.63, 3.8) is 0 Å². The van der Waals surface area contributed by atoms with Crippen LogP contribution in [0.3, 0.4) is 0 Å². The topological polar surface area (TPSA) is 35.0 Å². The minimum absolute atomic E-state index is 0.316. The zero-order chi connectivity index (χ0) is 20.0. The van der Waals surface area contributed by atoms with Gasteiger partial charge in [0, 0.05) is 11.8 Å². The van der Waals surface area contributed by atoms with Crippen molar-refractivity contribution in [3.05, 3.63) is 42.1 Å². The van der Waals surface area contributed by atoms with E-state index in [0.29, 0.717) is 18.1 Å². The van der Waals surface area contributed by atoms with Crippen LogP contribution in [0.4, 0.5) is 4.39 Å². The minimum Gasteiger partial charge on any atom is -0.491 e. The highest BCUT2D eigenvalue weighted by molar-refractivity contribution is 5.59. The van der Waals surface area contributed by atoms with Crippen LogP contribution in [0.1, 0.15) is 83.7 Å². The quantitative estimate of drug-likeness (QED) is 0.323. The molecule has 0 spiro atoms. The lowest BCUT2D eigenvalue weighted by Crippen LogP contribution is -2.00. The van der Waals surface area contributed by atoms with Gasteiger partial charge in [-0.25, -0.2) is 4.39 Å². The number of aromatic nitrogens is 2. The first-order valence-corrected chi connectivity index (χ1v) is 11.0. The fraction of sp³-hybridized carbons (Fsp3) is 0.583. The number of ether oxygens (including phenoxy) is 1. The number of benzene rings is 1. The van der Waals surface area contributed by atoms with Gasteiger partial charge in [-0.15, -0.1) is 0 Å². The average Bonchev–Trinajstić information content (AvgIpc) is 2.72. The van der Waals surface area contributed by atoms with Crippen LogP contribution in [0.2, 0.25) is 0 Å². The number of hydrogen-bond donors (Lipinski definition) is 0. The molecule has 1 heterocycles. The number of halogens is 1. The lowest BCUT2D eigenvalue weighted by Gasteiger charge is -2.09. The molecule has 154 valence electrons. The molecule has 3 nitrogen and oxygen atoms in total. The maximum Gasteiger partial charge on any atom is 0.165 e. The Bertz CT molecular complexity index is 673. The van der Waals surface area contributed by atoms with Gasteiger partial charge in [0.2, 0.25) is 0 Å². The van der Waals surface area contributed by atoms with Crippen molar-refractivity contribution in [2.45, 2.75) is 84.5 Å². The number of nitrogens with zero attached hydrogens (tertiary/aromatic N) is 2. The van der Waals surface area contributed by atoms with E-state index < -0.39 is 0 Å². The lowest BCUT2D eigenvalue weighted by molar-refractivity contribution is 0.290. The van der Waals surface area contributed by atoms with Gasteiger partial charge in [0.1, 0.15) is 0 Å². The van der Waals surface area contributed by atoms with Crippen LogP contribution in [-0.4, -0.2) is 16.6 Å². The molecule has 0 saturated heterocycles. The molecule has 2 rings (SSSR count). The van der Waals surface area contributed by atoms with Crippen molar-refractivity contribution in [3.8, 4) is 17.0 Å². The molecule has 0 fully saturated rings. The molecule has 0 unspecified atom stereocenters. The van der Waals surface area contributed by atoms with Crippen LogP contribution in [0.15, 0.2) is 30.6 Å². The van der Waals surface area contributed by atoms with Gasteiger partial charge in [0.15, 0.2) is 11.6 Å². The summed E-state index contributed by atoms with van der Waals surface area (Å²) in [6.07, 6.45) is 16.5. The summed E-state index contributed by atoms with van der Waals surface area (Å²) in [4.78, 5) is 8.96. The van der Waals surface area contributed by atoms with E-state index in [1.54, 1.807) is 12.3 Å². The van der Waals surface area contributed by atoms with E-state index in [2.05, 4.69) is 23.8 Å². The van der Waals surface area contributed by atoms with Crippen LogP contribution >= 0.6 is 0 Å². The lowest BCUT2D eigenvalue weighted by atomic mass is 10.1. The summed E-state index contributed by atoms with van der Waals surface area (Å²) in [5, 5.41) is 0. The summed E-state index contributed by atoms with van der Waals surface area (Å²) in [5.41, 5.74) is 2.43. The average molecular weight is 387 g/mol. The molecule has 2 aromatic rings. The highest BCUT2D eigenvalue weighted by atomic mass is 19.1. The zero-order valence-electron chi connectivity index (χ0n) is 17.6. The molecule has 0 bridgehead atoms. The van der Waals surface area contributed by atoms with Gasteiger partial charge in [-0.2, -0.15) is 0 Å². The summed E-state index contributed by atoms with van der Waals surface area (Å²) < 4.78 is 19.9. The highest BCUT2D eigenvalue weighted by Crippen LogP contribution is 2.24. The third-order valence-corrected chi connectivity index (χ3v) is 4.97. The van der Waals surface area contributed by atoms with Crippen molar-refractivity contribution in [1.82, 2.24) is 9.97 Å². The van der Waals surface area contributed by atoms with E-state index >= 15 is 0 Å². The largest absolute Gasteiger partial charge is 0.491 e. The molecular formula is C24H35FN2O. The van der Waals surface area contributed by atoms with E-state index in [-0.39, 0.29) is 5.82 Å². The Morgan fingerprint density at radius 2 is 1.54 bits per heavy atom. The monoisotopic (exact) mass is 386 g/mol. The maximum atomic E-state index is 14.3. The second-order valence-corrected chi connectivity index (χ2v) is 7.47. The third-order valence-electron chi connectivity index (χ3n) is 4.97. The molecule has 0 N–H and O–H groups in total. The molecule has 0 saturated carbocycles. The highest BCUT2D eigenvalue weighted by Gasteiger charge is 2.08. The number of unbranched alkanes of at least 4 members (excludes halogenated alkanes) is 8. The van der Waals surface area contributed by atoms with E-state index in [0.717, 1.165) is 36.9 Å². The van der Waals surface area contributed by atoms with E-state index in [9.17, 15) is 4.39 Å². The van der Waals surface area contributed by atoms with Crippen LogP contribution in [-0.2, 0) is 6.42 Å². The molecule has 0 aliphatic carbocycles. The van der Waals surface area contributed by atoms with E-state index in [1.165, 1.54) is 51.0 Å². The SMILES string of the molecule is CCCCCCCOc1ccc(-c2cnc(CCCCCCC)cn2)cc1F. The zero-order valence-corrected chi connectivity index (χ0v) is 17.6. The maximum absolute atomic E-state index is 14.3. The van der Waals surface area contributed by atoms with Crippen LogP contribution in [0, 0.1) is 5.82 Å². The second kappa shape index (κ2) is 13.2. The van der Waals surface area contributed by atoms with Crippen molar-refractivity contribution in [2.24, 2.45) is 0 Å². The smallest absolute Gasteiger partial charge is 0.165 e. The van der Waals surface area contributed by atoms with Crippen molar-refractivity contribution in [1.29, 1.82) is 0 Å². The van der Waals surface area contributed by atoms with Gasteiger partial charge < -0.3 is 4.74 Å². The fourth-order valence-corrected chi connectivity index (χ4v) is 3.21. The molecular weight excluding hydrogens is 351 g/mol. The Balaban J connectivity index is 1.82. The minimum atomic E-state index is -0.340. The van der Waals surface area contributed by atoms with Crippen molar-refractivity contribution < 1.29 is 9.13 Å². The number of rotatable bonds is 14. The predicted molar refractivity (Wildman–Crippen MR) is 114 cm³/mol. The first kappa shape index (κ1) is 22.3. The first-order valence-electron chi connectivity index (χ1n) is 11.0. The Kier molecular flexibility index (Phi) is 10.6. The Hall–Kier alpha value is -1.97. The van der Waals surface area contributed by atoms with E-state index in [4.69, 9.17) is 4.74 Å². The summed E-state index contributed by atoms with van der Waals surface area (Å²) in [7, 11) is 0. The standard InChI is InChI=1S/C24H35FN2O/c1-3-5-7-9-11-13-21-18-27-23(19-26-21)20-14-15-24(22(25)17-20)28-16-12-10-8-6-4-2/h14-15,17-19H,3-13,16H2,1-2H3. The summed E-state index contributed by atoms with van der Waals surface area (Å²) >= 11 is 0. The molecule has 0 atom stereocenters. The third kappa shape index (κ3) is 7.95. The van der Waals surface area contributed by atoms with E-state index in [1.807, 2.05) is 12.3 Å². The van der Waals surface area contributed by atoms with Gasteiger partial charge >= 0.3 is 0 Å². The van der Waals surface area contributed by atoms with Crippen LogP contribution < -0.4 is 4.74 Å². The molecule has 1 aromatic carbocycles. The van der Waals surface area contributed by atoms with Crippen LogP contribution in [0.25, 0.3) is 11.3 Å². The van der Waals surface area contributed by atoms with Crippen molar-refractivity contribution in [2.75, 3.05) is 6.61 Å². The fourth-order valence-electron chi connectivity index (χ4n) is 3.21. The van der Waals surface area contributed by atoms with Gasteiger partial charge in [-0.05, 0) is 37.5 Å². The molecule has 4 heteroatoms. The molecule has 0 aliphatic rings. The molecule has 0 amide bonds. The normalized spacial score (nSPS) is 11.0. The first-order chi connectivity index (χ1) is 13.7. The predicted octanol–water partition coefficient (Wildman–Crippen LogP) is 7.14. The molecule has 28 heavy (non-hydrogen) atoms. The van der Waals surface area contributed by atoms with Gasteiger partial charge in [0.25, 0.3) is 0 Å². The van der Waals surface area contributed by atoms with Gasteiger partial charge in [0.05, 0.1) is 24.2 Å². The summed E-state index contributed by atoms with van der Waals surface area (Å²) in [5.74, 6) is -0.0243. The summed E-state index contributed by atoms with van der Waals surface area (Å²) in [6.45, 7) is 4.98. The molecule has 0 aliphatic heterocycles. The second-order valence-electron chi connectivity index (χ2n) is 7.47.